The second kappa shape index (κ2) is 6.31. The van der Waals surface area contributed by atoms with Crippen LogP contribution >= 0.6 is 0 Å². The van der Waals surface area contributed by atoms with Gasteiger partial charge >= 0.3 is 5.97 Å². The largest absolute Gasteiger partial charge is 0.480 e. The molecule has 10 nitrogen and oxygen atoms in total. The maximum Gasteiger partial charge on any atom is 0.323 e. The molecule has 0 unspecified atom stereocenters. The fraction of sp³-hybridized carbons (Fsp3) is 0.188. The lowest BCUT2D eigenvalue weighted by molar-refractivity contribution is -0.137. The summed E-state index contributed by atoms with van der Waals surface area (Å²) in [5.74, 6) is -0.990. The Balaban J connectivity index is 1.61. The van der Waals surface area contributed by atoms with Crippen LogP contribution < -0.4 is 15.6 Å². The van der Waals surface area contributed by atoms with Gasteiger partial charge in [-0.3, -0.25) is 14.2 Å². The lowest BCUT2D eigenvalue weighted by Crippen LogP contribution is -2.33. The molecule has 0 radical (unpaired) electrons. The Bertz CT molecular complexity index is 1010. The summed E-state index contributed by atoms with van der Waals surface area (Å²) < 4.78 is 8.16. The number of aromatic nitrogens is 5. The highest BCUT2D eigenvalue weighted by Crippen LogP contribution is 2.28. The molecule has 1 atom stereocenters. The van der Waals surface area contributed by atoms with E-state index in [-0.39, 0.29) is 18.2 Å². The molecular formula is C16H14N6O4. The first-order valence-corrected chi connectivity index (χ1v) is 7.80. The van der Waals surface area contributed by atoms with E-state index in [9.17, 15) is 9.59 Å². The number of nitrogens with zero attached hydrogens (tertiary/aromatic N) is 5. The molecule has 3 heterocycles. The highest BCUT2D eigenvalue weighted by atomic mass is 16.5. The van der Waals surface area contributed by atoms with Gasteiger partial charge in [-0.25, -0.2) is 9.67 Å². The van der Waals surface area contributed by atoms with E-state index in [0.717, 1.165) is 16.6 Å². The number of anilines is 1. The molecule has 0 amide bonds. The van der Waals surface area contributed by atoms with Crippen molar-refractivity contribution in [2.75, 3.05) is 11.9 Å². The number of hydrogen-bond donors (Lipinski definition) is 2. The van der Waals surface area contributed by atoms with Crippen LogP contribution in [0.1, 0.15) is 11.7 Å². The maximum absolute atomic E-state index is 12.4. The summed E-state index contributed by atoms with van der Waals surface area (Å²) in [7, 11) is 0. The molecule has 10 heteroatoms. The molecule has 2 aromatic heterocycles. The van der Waals surface area contributed by atoms with Gasteiger partial charge in [0.25, 0.3) is 5.56 Å². The first-order valence-electron chi connectivity index (χ1n) is 7.80. The van der Waals surface area contributed by atoms with Crippen molar-refractivity contribution in [3.63, 3.8) is 0 Å². The zero-order valence-corrected chi connectivity index (χ0v) is 13.4. The number of carbonyl (C=O) groups is 1. The SMILES string of the molecule is O=C(O)Cn1cnc2c(c1=O)N[C@H](c1cn(-c3ccccc3)nn1)CO2. The van der Waals surface area contributed by atoms with E-state index < -0.39 is 24.1 Å². The standard InChI is InChI=1S/C16H14N6O4/c23-13(24)7-21-9-17-15-14(16(21)25)18-12(8-26-15)11-6-22(20-19-11)10-4-2-1-3-5-10/h1-6,9,12,18H,7-8H2,(H,23,24)/t12-/m0/s1. The second-order valence-corrected chi connectivity index (χ2v) is 5.68. The van der Waals surface area contributed by atoms with Crippen molar-refractivity contribution in [2.45, 2.75) is 12.6 Å². The summed E-state index contributed by atoms with van der Waals surface area (Å²) in [4.78, 5) is 27.3. The third kappa shape index (κ3) is 2.88. The lowest BCUT2D eigenvalue weighted by atomic mass is 10.2. The highest BCUT2D eigenvalue weighted by molar-refractivity contribution is 5.66. The van der Waals surface area contributed by atoms with E-state index >= 15 is 0 Å². The van der Waals surface area contributed by atoms with Crippen LogP contribution in [0.5, 0.6) is 5.88 Å². The van der Waals surface area contributed by atoms with Gasteiger partial charge in [0.1, 0.15) is 31.2 Å². The summed E-state index contributed by atoms with van der Waals surface area (Å²) in [5.41, 5.74) is 1.04. The van der Waals surface area contributed by atoms with Crippen LogP contribution in [0.15, 0.2) is 47.7 Å². The van der Waals surface area contributed by atoms with Gasteiger partial charge in [0.15, 0.2) is 5.69 Å². The average molecular weight is 354 g/mol. The number of benzene rings is 1. The van der Waals surface area contributed by atoms with Gasteiger partial charge in [-0.1, -0.05) is 23.4 Å². The Morgan fingerprint density at radius 3 is 2.92 bits per heavy atom. The van der Waals surface area contributed by atoms with Crippen LogP contribution in [0.25, 0.3) is 5.69 Å². The molecule has 0 fully saturated rings. The molecule has 1 aromatic carbocycles. The van der Waals surface area contributed by atoms with Crippen LogP contribution in [0, 0.1) is 0 Å². The topological polar surface area (TPSA) is 124 Å². The molecule has 0 saturated heterocycles. The first-order chi connectivity index (χ1) is 12.6. The molecule has 2 N–H and O–H groups in total. The van der Waals surface area contributed by atoms with Gasteiger partial charge < -0.3 is 15.2 Å². The number of carboxylic acid groups (broad SMARTS) is 1. The van der Waals surface area contributed by atoms with Crippen molar-refractivity contribution in [3.05, 3.63) is 58.9 Å². The number of hydrogen-bond acceptors (Lipinski definition) is 7. The van der Waals surface area contributed by atoms with Gasteiger partial charge in [0, 0.05) is 0 Å². The van der Waals surface area contributed by atoms with Crippen molar-refractivity contribution in [1.29, 1.82) is 0 Å². The van der Waals surface area contributed by atoms with Crippen LogP contribution in [-0.2, 0) is 11.3 Å². The minimum atomic E-state index is -1.13. The van der Waals surface area contributed by atoms with Gasteiger partial charge in [-0.2, -0.15) is 0 Å². The zero-order valence-electron chi connectivity index (χ0n) is 13.4. The number of ether oxygens (including phenoxy) is 1. The smallest absolute Gasteiger partial charge is 0.323 e. The van der Waals surface area contributed by atoms with Gasteiger partial charge in [-0.15, -0.1) is 5.10 Å². The molecule has 0 saturated carbocycles. The Hall–Kier alpha value is -3.69. The van der Waals surface area contributed by atoms with Crippen LogP contribution in [0.2, 0.25) is 0 Å². The van der Waals surface area contributed by atoms with Crippen molar-refractivity contribution in [2.24, 2.45) is 0 Å². The predicted molar refractivity (Wildman–Crippen MR) is 89.4 cm³/mol. The average Bonchev–Trinajstić information content (AvgIpc) is 3.14. The molecule has 1 aliphatic heterocycles. The van der Waals surface area contributed by atoms with E-state index in [2.05, 4.69) is 20.6 Å². The van der Waals surface area contributed by atoms with Crippen molar-refractivity contribution < 1.29 is 14.6 Å². The molecule has 0 spiro atoms. The summed E-state index contributed by atoms with van der Waals surface area (Å²) in [5, 5.41) is 20.1. The Morgan fingerprint density at radius 1 is 1.35 bits per heavy atom. The second-order valence-electron chi connectivity index (χ2n) is 5.68. The van der Waals surface area contributed by atoms with Gasteiger partial charge in [0.05, 0.1) is 11.9 Å². The molecule has 4 rings (SSSR count). The zero-order chi connectivity index (χ0) is 18.1. The van der Waals surface area contributed by atoms with E-state index in [4.69, 9.17) is 9.84 Å². The minimum absolute atomic E-state index is 0.110. The van der Waals surface area contributed by atoms with Crippen molar-refractivity contribution in [1.82, 2.24) is 24.5 Å². The fourth-order valence-electron chi connectivity index (χ4n) is 2.65. The highest BCUT2D eigenvalue weighted by Gasteiger charge is 2.27. The first kappa shape index (κ1) is 15.8. The Morgan fingerprint density at radius 2 is 2.15 bits per heavy atom. The van der Waals surface area contributed by atoms with Crippen molar-refractivity contribution in [3.8, 4) is 11.6 Å². The molecule has 0 bridgehead atoms. The molecule has 0 aliphatic carbocycles. The van der Waals surface area contributed by atoms with Crippen LogP contribution in [-0.4, -0.2) is 42.2 Å². The quantitative estimate of drug-likeness (QED) is 0.692. The lowest BCUT2D eigenvalue weighted by Gasteiger charge is -2.24. The molecule has 132 valence electrons. The van der Waals surface area contributed by atoms with Gasteiger partial charge in [-0.05, 0) is 12.1 Å². The van der Waals surface area contributed by atoms with E-state index in [1.54, 1.807) is 10.9 Å². The minimum Gasteiger partial charge on any atom is -0.480 e. The Kier molecular flexibility index (Phi) is 3.84. The van der Waals surface area contributed by atoms with E-state index in [0.29, 0.717) is 5.69 Å². The molecule has 3 aromatic rings. The predicted octanol–water partition coefficient (Wildman–Crippen LogP) is 0.454. The number of fused-ring (bicyclic) bond motifs is 1. The fourth-order valence-corrected chi connectivity index (χ4v) is 2.65. The number of aliphatic carboxylic acids is 1. The number of para-hydroxylation sites is 1. The van der Waals surface area contributed by atoms with E-state index in [1.807, 2.05) is 30.3 Å². The van der Waals surface area contributed by atoms with Crippen LogP contribution in [0.3, 0.4) is 0 Å². The molecule has 26 heavy (non-hydrogen) atoms. The molecular weight excluding hydrogens is 340 g/mol. The molecule has 1 aliphatic rings. The number of carboxylic acids is 1. The monoisotopic (exact) mass is 354 g/mol. The third-order valence-corrected chi connectivity index (χ3v) is 3.90. The summed E-state index contributed by atoms with van der Waals surface area (Å²) >= 11 is 0. The van der Waals surface area contributed by atoms with E-state index in [1.165, 1.54) is 0 Å². The third-order valence-electron chi connectivity index (χ3n) is 3.90. The number of rotatable bonds is 4. The number of nitrogens with one attached hydrogen (secondary N) is 1. The maximum atomic E-state index is 12.4. The summed E-state index contributed by atoms with van der Waals surface area (Å²) in [6.07, 6.45) is 2.90. The summed E-state index contributed by atoms with van der Waals surface area (Å²) in [6, 6.07) is 9.08. The summed E-state index contributed by atoms with van der Waals surface area (Å²) in [6.45, 7) is -0.258. The van der Waals surface area contributed by atoms with Crippen LogP contribution in [0.4, 0.5) is 5.69 Å². The normalized spacial score (nSPS) is 15.6. The van der Waals surface area contributed by atoms with Gasteiger partial charge in [0.2, 0.25) is 5.88 Å². The van der Waals surface area contributed by atoms with Crippen molar-refractivity contribution >= 4 is 11.7 Å². The Labute approximate surface area is 146 Å².